The minimum Gasteiger partial charge on any atom is -0.462 e. The fourth-order valence-corrected chi connectivity index (χ4v) is 1.45. The van der Waals surface area contributed by atoms with E-state index in [0.29, 0.717) is 0 Å². The van der Waals surface area contributed by atoms with Crippen molar-refractivity contribution in [2.45, 2.75) is 26.8 Å². The van der Waals surface area contributed by atoms with E-state index >= 15 is 0 Å². The molecule has 0 aliphatic heterocycles. The van der Waals surface area contributed by atoms with Crippen LogP contribution >= 0.6 is 0 Å². The Labute approximate surface area is 107 Å². The first kappa shape index (κ1) is 15.2. The highest BCUT2D eigenvalue weighted by Gasteiger charge is 2.35. The van der Waals surface area contributed by atoms with E-state index in [1.54, 1.807) is 6.92 Å². The zero-order chi connectivity index (χ0) is 14.6. The Hall–Kier alpha value is -1.83. The number of nitrogens with two attached hydrogens (primary N) is 1. The highest BCUT2D eigenvalue weighted by molar-refractivity contribution is 5.94. The molecule has 0 fully saturated rings. The normalized spacial score (nSPS) is 11.3. The van der Waals surface area contributed by atoms with Gasteiger partial charge in [0.15, 0.2) is 5.75 Å². The Morgan fingerprint density at radius 1 is 1.47 bits per heavy atom. The Morgan fingerprint density at radius 3 is 2.58 bits per heavy atom. The van der Waals surface area contributed by atoms with Crippen LogP contribution in [-0.4, -0.2) is 23.9 Å². The number of aromatic nitrogens is 1. The summed E-state index contributed by atoms with van der Waals surface area (Å²) in [7, 11) is 0. The van der Waals surface area contributed by atoms with Crippen molar-refractivity contribution in [3.63, 3.8) is 0 Å². The summed E-state index contributed by atoms with van der Waals surface area (Å²) in [5.41, 5.74) is 5.10. The number of aryl methyl sites for hydroxylation is 1. The largest absolute Gasteiger partial charge is 0.573 e. The average molecular weight is 278 g/mol. The summed E-state index contributed by atoms with van der Waals surface area (Å²) in [6, 6.07) is 0. The SMILES string of the molecule is CCOC(=O)c1c(CN)cnc(C)c1OC(F)(F)F. The molecule has 0 unspecified atom stereocenters. The van der Waals surface area contributed by atoms with E-state index in [0.717, 1.165) is 0 Å². The molecule has 106 valence electrons. The van der Waals surface area contributed by atoms with Gasteiger partial charge in [0, 0.05) is 18.3 Å². The van der Waals surface area contributed by atoms with Gasteiger partial charge >= 0.3 is 12.3 Å². The number of ether oxygens (including phenoxy) is 2. The van der Waals surface area contributed by atoms with E-state index < -0.39 is 18.1 Å². The van der Waals surface area contributed by atoms with Gasteiger partial charge in [0.1, 0.15) is 5.56 Å². The molecule has 8 heteroatoms. The Kier molecular flexibility index (Phi) is 4.71. The van der Waals surface area contributed by atoms with Crippen LogP contribution in [0.25, 0.3) is 0 Å². The van der Waals surface area contributed by atoms with Crippen molar-refractivity contribution in [3.05, 3.63) is 23.0 Å². The number of esters is 1. The van der Waals surface area contributed by atoms with Crippen LogP contribution in [-0.2, 0) is 11.3 Å². The molecular weight excluding hydrogens is 265 g/mol. The summed E-state index contributed by atoms with van der Waals surface area (Å²) in [5, 5.41) is 0. The first-order valence-corrected chi connectivity index (χ1v) is 5.41. The van der Waals surface area contributed by atoms with Crippen molar-refractivity contribution in [2.75, 3.05) is 6.61 Å². The second-order valence-electron chi connectivity index (χ2n) is 3.55. The van der Waals surface area contributed by atoms with Crippen molar-refractivity contribution < 1.29 is 27.4 Å². The molecule has 1 aromatic heterocycles. The third-order valence-corrected chi connectivity index (χ3v) is 2.21. The van der Waals surface area contributed by atoms with Gasteiger partial charge in [-0.05, 0) is 13.8 Å². The number of hydrogen-bond donors (Lipinski definition) is 1. The van der Waals surface area contributed by atoms with E-state index in [2.05, 4.69) is 9.72 Å². The molecule has 1 heterocycles. The second-order valence-corrected chi connectivity index (χ2v) is 3.55. The van der Waals surface area contributed by atoms with Gasteiger partial charge in [-0.3, -0.25) is 4.98 Å². The van der Waals surface area contributed by atoms with Crippen molar-refractivity contribution in [2.24, 2.45) is 5.73 Å². The van der Waals surface area contributed by atoms with Gasteiger partial charge in [0.25, 0.3) is 0 Å². The molecule has 2 N–H and O–H groups in total. The van der Waals surface area contributed by atoms with Gasteiger partial charge in [-0.2, -0.15) is 0 Å². The summed E-state index contributed by atoms with van der Waals surface area (Å²) < 4.78 is 45.6. The molecule has 0 aliphatic carbocycles. The average Bonchev–Trinajstić information content (AvgIpc) is 2.30. The Morgan fingerprint density at radius 2 is 2.11 bits per heavy atom. The van der Waals surface area contributed by atoms with Crippen molar-refractivity contribution in [1.82, 2.24) is 4.98 Å². The number of rotatable bonds is 4. The summed E-state index contributed by atoms with van der Waals surface area (Å²) >= 11 is 0. The molecule has 0 aliphatic rings. The molecule has 1 rings (SSSR count). The van der Waals surface area contributed by atoms with Gasteiger partial charge < -0.3 is 15.2 Å². The summed E-state index contributed by atoms with van der Waals surface area (Å²) in [6.45, 7) is 2.70. The summed E-state index contributed by atoms with van der Waals surface area (Å²) in [5.74, 6) is -1.60. The minimum absolute atomic E-state index is 0.0235. The molecule has 0 bridgehead atoms. The van der Waals surface area contributed by atoms with Crippen molar-refractivity contribution in [3.8, 4) is 5.75 Å². The molecule has 5 nitrogen and oxygen atoms in total. The number of halogens is 3. The van der Waals surface area contributed by atoms with Crippen LogP contribution in [0.1, 0.15) is 28.5 Å². The number of hydrogen-bond acceptors (Lipinski definition) is 5. The lowest BCUT2D eigenvalue weighted by atomic mass is 10.1. The summed E-state index contributed by atoms with van der Waals surface area (Å²) in [6.07, 6.45) is -3.70. The predicted molar refractivity (Wildman–Crippen MR) is 59.5 cm³/mol. The third-order valence-electron chi connectivity index (χ3n) is 2.21. The van der Waals surface area contributed by atoms with Crippen LogP contribution in [0.4, 0.5) is 13.2 Å². The van der Waals surface area contributed by atoms with Crippen LogP contribution < -0.4 is 10.5 Å². The van der Waals surface area contributed by atoms with Crippen LogP contribution in [0.5, 0.6) is 5.75 Å². The van der Waals surface area contributed by atoms with Crippen LogP contribution in [0.3, 0.4) is 0 Å². The first-order valence-electron chi connectivity index (χ1n) is 5.41. The number of nitrogens with zero attached hydrogens (tertiary/aromatic N) is 1. The molecule has 0 radical (unpaired) electrons. The molecule has 0 aromatic carbocycles. The maximum absolute atomic E-state index is 12.4. The van der Waals surface area contributed by atoms with Crippen LogP contribution in [0.15, 0.2) is 6.20 Å². The third kappa shape index (κ3) is 3.82. The maximum atomic E-state index is 12.4. The smallest absolute Gasteiger partial charge is 0.462 e. The zero-order valence-electron chi connectivity index (χ0n) is 10.4. The van der Waals surface area contributed by atoms with E-state index in [-0.39, 0.29) is 30.0 Å². The molecule has 19 heavy (non-hydrogen) atoms. The quantitative estimate of drug-likeness (QED) is 0.852. The number of carbonyl (C=O) groups excluding carboxylic acids is 1. The monoisotopic (exact) mass is 278 g/mol. The topological polar surface area (TPSA) is 74.4 Å². The first-order chi connectivity index (χ1) is 8.80. The number of pyridine rings is 1. The predicted octanol–water partition coefficient (Wildman–Crippen LogP) is 1.92. The molecular formula is C11H13F3N2O3. The van der Waals surface area contributed by atoms with Gasteiger partial charge in [0.2, 0.25) is 0 Å². The molecule has 1 aromatic rings. The Bertz CT molecular complexity index is 475. The highest BCUT2D eigenvalue weighted by Crippen LogP contribution is 2.31. The highest BCUT2D eigenvalue weighted by atomic mass is 19.4. The Balaban J connectivity index is 3.36. The van der Waals surface area contributed by atoms with Crippen LogP contribution in [0.2, 0.25) is 0 Å². The molecule has 0 amide bonds. The molecule has 0 atom stereocenters. The van der Waals surface area contributed by atoms with E-state index in [9.17, 15) is 18.0 Å². The second kappa shape index (κ2) is 5.87. The van der Waals surface area contributed by atoms with E-state index in [1.165, 1.54) is 13.1 Å². The molecule has 0 spiro atoms. The van der Waals surface area contributed by atoms with Gasteiger partial charge in [-0.15, -0.1) is 13.2 Å². The fraction of sp³-hybridized carbons (Fsp3) is 0.455. The van der Waals surface area contributed by atoms with Crippen molar-refractivity contribution >= 4 is 5.97 Å². The zero-order valence-corrected chi connectivity index (χ0v) is 10.4. The lowest BCUT2D eigenvalue weighted by Crippen LogP contribution is -2.22. The van der Waals surface area contributed by atoms with Crippen molar-refractivity contribution in [1.29, 1.82) is 0 Å². The van der Waals surface area contributed by atoms with E-state index in [4.69, 9.17) is 10.5 Å². The minimum atomic E-state index is -4.93. The molecule has 0 saturated carbocycles. The maximum Gasteiger partial charge on any atom is 0.573 e. The van der Waals surface area contributed by atoms with Gasteiger partial charge in [-0.1, -0.05) is 0 Å². The number of alkyl halides is 3. The van der Waals surface area contributed by atoms with Gasteiger partial charge in [-0.25, -0.2) is 4.79 Å². The lowest BCUT2D eigenvalue weighted by Gasteiger charge is -2.16. The number of carbonyl (C=O) groups is 1. The van der Waals surface area contributed by atoms with Crippen LogP contribution in [0, 0.1) is 6.92 Å². The van der Waals surface area contributed by atoms with Gasteiger partial charge in [0.05, 0.1) is 12.3 Å². The lowest BCUT2D eigenvalue weighted by molar-refractivity contribution is -0.275. The summed E-state index contributed by atoms with van der Waals surface area (Å²) in [4.78, 5) is 15.5. The fourth-order valence-electron chi connectivity index (χ4n) is 1.45. The molecule has 0 saturated heterocycles. The standard InChI is InChI=1S/C11H13F3N2O3/c1-3-18-10(17)8-7(4-15)5-16-6(2)9(8)19-11(12,13)14/h5H,3-4,15H2,1-2H3. The van der Waals surface area contributed by atoms with E-state index in [1.807, 2.05) is 0 Å².